The molecule has 11 heavy (non-hydrogen) atoms. The molecule has 0 heterocycles. The molecular weight excluding hydrogens is 132 g/mol. The van der Waals surface area contributed by atoms with Crippen molar-refractivity contribution in [1.82, 2.24) is 0 Å². The maximum absolute atomic E-state index is 4.78. The molecule has 0 bridgehead atoms. The highest BCUT2D eigenvalue weighted by atomic mass is 13.7. The molecule has 0 N–H and O–H groups in total. The monoisotopic (exact) mass is 154 g/mol. The summed E-state index contributed by atoms with van der Waals surface area (Å²) in [6.07, 6.45) is 9.70. The van der Waals surface area contributed by atoms with Crippen LogP contribution in [0.4, 0.5) is 0 Å². The van der Waals surface area contributed by atoms with E-state index in [9.17, 15) is 0 Å². The van der Waals surface area contributed by atoms with Crippen molar-refractivity contribution in [3.05, 3.63) is 13.2 Å². The Morgan fingerprint density at radius 1 is 1.09 bits per heavy atom. The first-order valence-electron chi connectivity index (χ1n) is 4.26. The van der Waals surface area contributed by atoms with Crippen LogP contribution in [0.25, 0.3) is 0 Å². The van der Waals surface area contributed by atoms with Crippen LogP contribution in [-0.2, 0) is 0 Å². The molecule has 0 aromatic rings. The molecule has 66 valence electrons. The van der Waals surface area contributed by atoms with Gasteiger partial charge in [-0.1, -0.05) is 40.0 Å². The molecule has 0 fully saturated rings. The number of unbranched alkanes of at least 4 members (excludes halogenated alkanes) is 2. The average Bonchev–Trinajstić information content (AvgIpc) is 2.10. The fraction of sp³-hybridized carbons (Fsp3) is 0.636. The van der Waals surface area contributed by atoms with Gasteiger partial charge in [0.25, 0.3) is 0 Å². The highest BCUT2D eigenvalue weighted by Gasteiger charge is 1.68. The molecule has 0 aliphatic carbocycles. The molecule has 0 amide bonds. The second-order valence-corrected chi connectivity index (χ2v) is 1.91. The van der Waals surface area contributed by atoms with Crippen LogP contribution in [0.5, 0.6) is 0 Å². The molecule has 0 aliphatic rings. The summed E-state index contributed by atoms with van der Waals surface area (Å²) < 4.78 is 0. The Morgan fingerprint density at radius 3 is 1.36 bits per heavy atom. The van der Waals surface area contributed by atoms with Gasteiger partial charge in [-0.05, 0) is 0 Å². The molecule has 0 saturated carbocycles. The largest absolute Gasteiger partial charge is 0.120 e. The Kier molecular flexibility index (Phi) is 52.7. The Hall–Kier alpha value is -0.700. The number of terminal acetylenes is 1. The third-order valence-electron chi connectivity index (χ3n) is 0.911. The lowest BCUT2D eigenvalue weighted by Crippen LogP contribution is -1.59. The first kappa shape index (κ1) is 16.7. The van der Waals surface area contributed by atoms with Crippen LogP contribution >= 0.6 is 0 Å². The normalized spacial score (nSPS) is 6.00. The molecule has 0 heteroatoms. The van der Waals surface area contributed by atoms with Gasteiger partial charge in [-0.3, -0.25) is 0 Å². The van der Waals surface area contributed by atoms with Crippen molar-refractivity contribution < 1.29 is 0 Å². The third kappa shape index (κ3) is 93.7. The molecule has 0 saturated heterocycles. The van der Waals surface area contributed by atoms with Crippen molar-refractivity contribution in [1.29, 1.82) is 0 Å². The summed E-state index contributed by atoms with van der Waals surface area (Å²) in [5.74, 6) is 2.43. The number of hydrogen-bond acceptors (Lipinski definition) is 0. The fourth-order valence-electron chi connectivity index (χ4n) is 0.354. The molecular formula is C11H22. The lowest BCUT2D eigenvalue weighted by Gasteiger charge is -1.79. The van der Waals surface area contributed by atoms with Gasteiger partial charge in [-0.25, -0.2) is 0 Å². The minimum absolute atomic E-state index is 0.847. The lowest BCUT2D eigenvalue weighted by molar-refractivity contribution is 0.772. The minimum atomic E-state index is 0.847. The van der Waals surface area contributed by atoms with Gasteiger partial charge in [0.05, 0.1) is 0 Å². The molecule has 0 aromatic heterocycles. The van der Waals surface area contributed by atoms with Crippen LogP contribution in [0, 0.1) is 12.3 Å². The van der Waals surface area contributed by atoms with Gasteiger partial charge in [0, 0.05) is 6.42 Å². The summed E-state index contributed by atoms with van der Waals surface area (Å²) >= 11 is 0. The minimum Gasteiger partial charge on any atom is -0.120 e. The van der Waals surface area contributed by atoms with Crippen LogP contribution in [0.15, 0.2) is 13.2 Å². The van der Waals surface area contributed by atoms with E-state index in [2.05, 4.69) is 32.9 Å². The smallest absolute Gasteiger partial charge is 0.00576 e. The van der Waals surface area contributed by atoms with Gasteiger partial charge < -0.3 is 0 Å². The fourth-order valence-corrected chi connectivity index (χ4v) is 0.354. The maximum atomic E-state index is 4.78. The van der Waals surface area contributed by atoms with Crippen LogP contribution in [0.2, 0.25) is 0 Å². The Balaban J connectivity index is -0.0000000965. The molecule has 0 aromatic carbocycles. The van der Waals surface area contributed by atoms with Crippen molar-refractivity contribution in [3.63, 3.8) is 0 Å². The second kappa shape index (κ2) is 34.6. The van der Waals surface area contributed by atoms with Gasteiger partial charge in [0.15, 0.2) is 0 Å². The summed E-state index contributed by atoms with van der Waals surface area (Å²) in [6.45, 7) is 12.4. The summed E-state index contributed by atoms with van der Waals surface area (Å²) in [4.78, 5) is 0. The average molecular weight is 154 g/mol. The predicted octanol–water partition coefficient (Wildman–Crippen LogP) is 4.03. The van der Waals surface area contributed by atoms with Gasteiger partial charge >= 0.3 is 0 Å². The van der Waals surface area contributed by atoms with Gasteiger partial charge in [-0.15, -0.1) is 25.5 Å². The number of hydrogen-bond donors (Lipinski definition) is 0. The van der Waals surface area contributed by atoms with Crippen molar-refractivity contribution >= 4 is 0 Å². The summed E-state index contributed by atoms with van der Waals surface area (Å²) in [5, 5.41) is 0. The zero-order chi connectivity index (χ0) is 9.54. The first-order valence-corrected chi connectivity index (χ1v) is 4.26. The Morgan fingerprint density at radius 2 is 1.36 bits per heavy atom. The highest BCUT2D eigenvalue weighted by Crippen LogP contribution is 1.88. The molecule has 0 nitrogen and oxygen atoms in total. The van der Waals surface area contributed by atoms with E-state index in [-0.39, 0.29) is 0 Å². The maximum Gasteiger partial charge on any atom is 0.00576 e. The van der Waals surface area contributed by atoms with E-state index in [1.165, 1.54) is 19.3 Å². The van der Waals surface area contributed by atoms with Gasteiger partial charge in [-0.2, -0.15) is 0 Å². The van der Waals surface area contributed by atoms with E-state index in [0.717, 1.165) is 6.42 Å². The summed E-state index contributed by atoms with van der Waals surface area (Å²) in [7, 11) is 0. The van der Waals surface area contributed by atoms with Crippen molar-refractivity contribution in [2.45, 2.75) is 46.5 Å². The predicted molar refractivity (Wildman–Crippen MR) is 55.6 cm³/mol. The number of rotatable bonds is 2. The molecule has 0 spiro atoms. The van der Waals surface area contributed by atoms with Crippen LogP contribution in [-0.4, -0.2) is 0 Å². The Labute approximate surface area is 72.7 Å². The van der Waals surface area contributed by atoms with E-state index in [4.69, 9.17) is 6.42 Å². The van der Waals surface area contributed by atoms with Gasteiger partial charge in [0.1, 0.15) is 0 Å². The van der Waals surface area contributed by atoms with Crippen molar-refractivity contribution in [2.75, 3.05) is 0 Å². The molecule has 0 rings (SSSR count). The van der Waals surface area contributed by atoms with E-state index in [0.29, 0.717) is 0 Å². The Bertz CT molecular complexity index is 64.6. The zero-order valence-electron chi connectivity index (χ0n) is 8.32. The van der Waals surface area contributed by atoms with Gasteiger partial charge in [0.2, 0.25) is 0 Å². The summed E-state index contributed by atoms with van der Waals surface area (Å²) in [6, 6.07) is 0. The van der Waals surface area contributed by atoms with Crippen LogP contribution in [0.3, 0.4) is 0 Å². The summed E-state index contributed by atoms with van der Waals surface area (Å²) in [5.41, 5.74) is 0. The second-order valence-electron chi connectivity index (χ2n) is 1.91. The lowest BCUT2D eigenvalue weighted by atomic mass is 10.3. The van der Waals surface area contributed by atoms with E-state index in [1.807, 2.05) is 6.92 Å². The first-order chi connectivity index (χ1) is 5.33. The molecule has 0 atom stereocenters. The van der Waals surface area contributed by atoms with Crippen LogP contribution in [0.1, 0.15) is 46.5 Å². The molecule has 0 radical (unpaired) electrons. The topological polar surface area (TPSA) is 0 Å². The highest BCUT2D eigenvalue weighted by molar-refractivity contribution is 4.80. The van der Waals surface area contributed by atoms with E-state index < -0.39 is 0 Å². The van der Waals surface area contributed by atoms with Crippen molar-refractivity contribution in [2.24, 2.45) is 0 Å². The third-order valence-corrected chi connectivity index (χ3v) is 0.911. The van der Waals surface area contributed by atoms with Crippen molar-refractivity contribution in [3.8, 4) is 12.3 Å². The van der Waals surface area contributed by atoms with Crippen LogP contribution < -0.4 is 0 Å². The van der Waals surface area contributed by atoms with E-state index >= 15 is 0 Å². The molecule has 0 unspecified atom stereocenters. The quantitative estimate of drug-likeness (QED) is 0.416. The standard InChI is InChI=1S/C5H12.C4H6.C2H4/c1-3-5-4-2;1-3-4-2;1-2/h3-5H2,1-2H3;1H,4H2,2H3;1-2H2. The zero-order valence-corrected chi connectivity index (χ0v) is 8.32. The van der Waals surface area contributed by atoms with E-state index in [1.54, 1.807) is 0 Å². The SMILES string of the molecule is C#CCC.C=C.CCCCC. The molecule has 0 aliphatic heterocycles.